The molecule has 0 unspecified atom stereocenters. The van der Waals surface area contributed by atoms with Crippen LogP contribution in [-0.4, -0.2) is 34.6 Å². The highest BCUT2D eigenvalue weighted by Crippen LogP contribution is 2.32. The summed E-state index contributed by atoms with van der Waals surface area (Å²) in [5.74, 6) is 0.190. The van der Waals surface area contributed by atoms with Crippen LogP contribution in [0.2, 0.25) is 10.0 Å². The molecule has 7 heteroatoms. The second-order valence-corrected chi connectivity index (χ2v) is 6.86. The lowest BCUT2D eigenvalue weighted by atomic mass is 9.95. The van der Waals surface area contributed by atoms with E-state index < -0.39 is 0 Å². The first-order valence-corrected chi connectivity index (χ1v) is 8.75. The Morgan fingerprint density at radius 2 is 2.21 bits per heavy atom. The molecule has 130 valence electrons. The van der Waals surface area contributed by atoms with Crippen molar-refractivity contribution in [3.63, 3.8) is 0 Å². The second kappa shape index (κ2) is 7.85. The predicted octanol–water partition coefficient (Wildman–Crippen LogP) is 2.97. The van der Waals surface area contributed by atoms with E-state index in [1.165, 1.54) is 0 Å². The fraction of sp³-hybridized carbons (Fsp3) is 0.471. The predicted molar refractivity (Wildman–Crippen MR) is 94.4 cm³/mol. The van der Waals surface area contributed by atoms with Crippen molar-refractivity contribution in [1.82, 2.24) is 15.1 Å². The summed E-state index contributed by atoms with van der Waals surface area (Å²) in [6, 6.07) is 5.64. The summed E-state index contributed by atoms with van der Waals surface area (Å²) in [5, 5.41) is 18.3. The third-order valence-electron chi connectivity index (χ3n) is 4.32. The van der Waals surface area contributed by atoms with Gasteiger partial charge in [0.25, 0.3) is 0 Å². The Labute approximate surface area is 151 Å². The minimum absolute atomic E-state index is 0.00146. The first-order valence-electron chi connectivity index (χ1n) is 7.99. The van der Waals surface area contributed by atoms with Crippen LogP contribution in [0.25, 0.3) is 0 Å². The molecule has 5 nitrogen and oxygen atoms in total. The zero-order chi connectivity index (χ0) is 17.1. The number of aryl methyl sites for hydroxylation is 1. The number of hydrogen-bond donors (Lipinski definition) is 2. The number of nitrogens with zero attached hydrogens (tertiary/aromatic N) is 2. The zero-order valence-electron chi connectivity index (χ0n) is 13.5. The Morgan fingerprint density at radius 3 is 2.92 bits per heavy atom. The first kappa shape index (κ1) is 17.7. The first-order chi connectivity index (χ1) is 11.6. The van der Waals surface area contributed by atoms with Crippen LogP contribution in [0.4, 0.5) is 0 Å². The van der Waals surface area contributed by atoms with Crippen molar-refractivity contribution in [1.29, 1.82) is 0 Å². The molecule has 0 aliphatic carbocycles. The van der Waals surface area contributed by atoms with Crippen molar-refractivity contribution < 1.29 is 9.84 Å². The van der Waals surface area contributed by atoms with Gasteiger partial charge in [-0.25, -0.2) is 0 Å². The summed E-state index contributed by atoms with van der Waals surface area (Å²) in [7, 11) is 0. The highest BCUT2D eigenvalue weighted by Gasteiger charge is 2.27. The maximum Gasteiger partial charge on any atom is 0.0884 e. The van der Waals surface area contributed by atoms with Crippen LogP contribution in [0.1, 0.15) is 22.9 Å². The van der Waals surface area contributed by atoms with Crippen LogP contribution < -0.4 is 5.32 Å². The summed E-state index contributed by atoms with van der Waals surface area (Å²) >= 11 is 12.2. The fourth-order valence-electron chi connectivity index (χ4n) is 3.05. The summed E-state index contributed by atoms with van der Waals surface area (Å²) < 4.78 is 7.96. The highest BCUT2D eigenvalue weighted by atomic mass is 35.5. The minimum Gasteiger partial charge on any atom is -0.392 e. The molecule has 0 saturated carbocycles. The van der Waals surface area contributed by atoms with Gasteiger partial charge in [0.1, 0.15) is 0 Å². The molecule has 1 saturated heterocycles. The number of rotatable bonds is 4. The van der Waals surface area contributed by atoms with Gasteiger partial charge in [-0.3, -0.25) is 4.68 Å². The Morgan fingerprint density at radius 1 is 1.38 bits per heavy atom. The van der Waals surface area contributed by atoms with Crippen LogP contribution in [0, 0.1) is 12.8 Å². The molecule has 1 aliphatic heterocycles. The van der Waals surface area contributed by atoms with E-state index in [4.69, 9.17) is 27.9 Å². The van der Waals surface area contributed by atoms with Crippen molar-refractivity contribution in [2.75, 3.05) is 19.7 Å². The van der Waals surface area contributed by atoms with E-state index in [9.17, 15) is 5.11 Å². The van der Waals surface area contributed by atoms with E-state index in [1.807, 2.05) is 29.9 Å². The number of aliphatic hydroxyl groups excluding tert-OH is 1. The van der Waals surface area contributed by atoms with E-state index in [0.29, 0.717) is 23.2 Å². The van der Waals surface area contributed by atoms with Crippen molar-refractivity contribution >= 4 is 23.2 Å². The van der Waals surface area contributed by atoms with Gasteiger partial charge in [0.15, 0.2) is 0 Å². The van der Waals surface area contributed by atoms with E-state index in [-0.39, 0.29) is 18.6 Å². The lowest BCUT2D eigenvalue weighted by Crippen LogP contribution is -2.28. The molecule has 2 N–H and O–H groups in total. The maximum atomic E-state index is 9.35. The molecule has 2 heterocycles. The van der Waals surface area contributed by atoms with Gasteiger partial charge in [-0.05, 0) is 24.6 Å². The van der Waals surface area contributed by atoms with Gasteiger partial charge in [0.2, 0.25) is 0 Å². The number of aliphatic hydroxyl groups is 1. The number of halogens is 2. The molecule has 0 radical (unpaired) electrons. The normalized spacial score (nSPS) is 21.7. The molecule has 1 aromatic carbocycles. The molecule has 1 aliphatic rings. The smallest absolute Gasteiger partial charge is 0.0884 e. The van der Waals surface area contributed by atoms with Gasteiger partial charge >= 0.3 is 0 Å². The number of ether oxygens (including phenoxy) is 1. The van der Waals surface area contributed by atoms with Gasteiger partial charge < -0.3 is 15.2 Å². The summed E-state index contributed by atoms with van der Waals surface area (Å²) in [5.41, 5.74) is 2.72. The summed E-state index contributed by atoms with van der Waals surface area (Å²) in [4.78, 5) is 0. The van der Waals surface area contributed by atoms with Crippen molar-refractivity contribution in [2.24, 2.45) is 5.92 Å². The van der Waals surface area contributed by atoms with Crippen molar-refractivity contribution in [2.45, 2.75) is 26.2 Å². The quantitative estimate of drug-likeness (QED) is 0.869. The van der Waals surface area contributed by atoms with Gasteiger partial charge in [0.05, 0.1) is 35.1 Å². The molecule has 0 bridgehead atoms. The lowest BCUT2D eigenvalue weighted by molar-refractivity contribution is 0.0242. The molecule has 1 aromatic heterocycles. The maximum absolute atomic E-state index is 9.35. The molecule has 0 spiro atoms. The molecule has 2 atom stereocenters. The van der Waals surface area contributed by atoms with Crippen molar-refractivity contribution in [3.05, 3.63) is 51.3 Å². The fourth-order valence-corrected chi connectivity index (χ4v) is 3.36. The third-order valence-corrected chi connectivity index (χ3v) is 5.06. The van der Waals surface area contributed by atoms with Crippen molar-refractivity contribution in [3.8, 4) is 0 Å². The SMILES string of the molecule is Cc1nn(C[C@@H]2CNCCO[C@H]2c2ccc(Cl)c(Cl)c2)cc1CO. The standard InChI is InChI=1S/C17H21Cl2N3O2/c1-11-14(10-23)9-22(21-11)8-13-7-20-4-5-24-17(13)12-2-3-15(18)16(19)6-12/h2-3,6,9,13,17,20,23H,4-5,7-8,10H2,1H3/t13-,17-/m0/s1. The van der Waals surface area contributed by atoms with Crippen LogP contribution in [0.5, 0.6) is 0 Å². The van der Waals surface area contributed by atoms with Crippen LogP contribution >= 0.6 is 23.2 Å². The summed E-state index contributed by atoms with van der Waals surface area (Å²) in [6.07, 6.45) is 1.81. The lowest BCUT2D eigenvalue weighted by Gasteiger charge is -2.25. The monoisotopic (exact) mass is 369 g/mol. The third kappa shape index (κ3) is 3.92. The topological polar surface area (TPSA) is 59.3 Å². The van der Waals surface area contributed by atoms with Crippen LogP contribution in [-0.2, 0) is 17.9 Å². The van der Waals surface area contributed by atoms with Gasteiger partial charge in [-0.2, -0.15) is 5.10 Å². The van der Waals surface area contributed by atoms with Gasteiger partial charge in [0, 0.05) is 37.3 Å². The number of aromatic nitrogens is 2. The molecule has 1 fully saturated rings. The zero-order valence-corrected chi connectivity index (χ0v) is 15.0. The molecular weight excluding hydrogens is 349 g/mol. The average molecular weight is 370 g/mol. The largest absolute Gasteiger partial charge is 0.392 e. The Hall–Kier alpha value is -1.11. The van der Waals surface area contributed by atoms with E-state index >= 15 is 0 Å². The Balaban J connectivity index is 1.85. The average Bonchev–Trinajstić information content (AvgIpc) is 2.77. The second-order valence-electron chi connectivity index (χ2n) is 6.05. The molecule has 24 heavy (non-hydrogen) atoms. The highest BCUT2D eigenvalue weighted by molar-refractivity contribution is 6.42. The number of hydrogen-bond acceptors (Lipinski definition) is 4. The Kier molecular flexibility index (Phi) is 5.79. The van der Waals surface area contributed by atoms with Crippen LogP contribution in [0.3, 0.4) is 0 Å². The number of nitrogens with one attached hydrogen (secondary N) is 1. The van der Waals surface area contributed by atoms with E-state index in [1.54, 1.807) is 6.07 Å². The number of benzene rings is 1. The van der Waals surface area contributed by atoms with E-state index in [2.05, 4.69) is 10.4 Å². The van der Waals surface area contributed by atoms with Gasteiger partial charge in [-0.15, -0.1) is 0 Å². The molecular formula is C17H21Cl2N3O2. The molecule has 0 amide bonds. The van der Waals surface area contributed by atoms with Crippen LogP contribution in [0.15, 0.2) is 24.4 Å². The molecule has 3 rings (SSSR count). The minimum atomic E-state index is -0.0863. The van der Waals surface area contributed by atoms with Gasteiger partial charge in [-0.1, -0.05) is 29.3 Å². The molecule has 2 aromatic rings. The van der Waals surface area contributed by atoms with E-state index in [0.717, 1.165) is 29.9 Å². The summed E-state index contributed by atoms with van der Waals surface area (Å²) in [6.45, 7) is 4.87. The Bertz CT molecular complexity index is 705.